The Morgan fingerprint density at radius 2 is 1.92 bits per heavy atom. The van der Waals surface area contributed by atoms with Gasteiger partial charge in [-0.3, -0.25) is 4.79 Å². The van der Waals surface area contributed by atoms with Crippen molar-refractivity contribution in [3.63, 3.8) is 0 Å². The van der Waals surface area contributed by atoms with Crippen molar-refractivity contribution in [1.82, 2.24) is 0 Å². The standard InChI is InChI=1S/C7H10O5/c8-2-3-1-4(9)6(11)7(12)5(3)10/h1,4,6-9,11-12H,2H2/t4-,6?,7+/m1/s1. The smallest absolute Gasteiger partial charge is 0.192 e. The van der Waals surface area contributed by atoms with Crippen molar-refractivity contribution in [3.8, 4) is 0 Å². The molecular weight excluding hydrogens is 164 g/mol. The highest BCUT2D eigenvalue weighted by Gasteiger charge is 2.35. The van der Waals surface area contributed by atoms with Gasteiger partial charge in [-0.15, -0.1) is 0 Å². The Kier molecular flexibility index (Phi) is 2.58. The van der Waals surface area contributed by atoms with Crippen LogP contribution in [0.4, 0.5) is 0 Å². The zero-order valence-electron chi connectivity index (χ0n) is 6.21. The van der Waals surface area contributed by atoms with Gasteiger partial charge in [0.25, 0.3) is 0 Å². The van der Waals surface area contributed by atoms with E-state index in [1.165, 1.54) is 0 Å². The van der Waals surface area contributed by atoms with Crippen LogP contribution in [0.25, 0.3) is 0 Å². The predicted octanol–water partition coefficient (Wildman–Crippen LogP) is -2.43. The number of aliphatic hydroxyl groups is 4. The molecule has 0 aliphatic heterocycles. The first-order valence-electron chi connectivity index (χ1n) is 3.48. The van der Waals surface area contributed by atoms with Crippen molar-refractivity contribution in [3.05, 3.63) is 11.6 Å². The fraction of sp³-hybridized carbons (Fsp3) is 0.571. The van der Waals surface area contributed by atoms with E-state index in [1.807, 2.05) is 0 Å². The summed E-state index contributed by atoms with van der Waals surface area (Å²) in [5.41, 5.74) is -0.0692. The van der Waals surface area contributed by atoms with Crippen molar-refractivity contribution >= 4 is 5.78 Å². The lowest BCUT2D eigenvalue weighted by molar-refractivity contribution is -0.135. The van der Waals surface area contributed by atoms with Crippen LogP contribution >= 0.6 is 0 Å². The molecule has 0 fully saturated rings. The number of hydrogen-bond acceptors (Lipinski definition) is 5. The highest BCUT2D eigenvalue weighted by Crippen LogP contribution is 2.15. The molecule has 1 aliphatic carbocycles. The lowest BCUT2D eigenvalue weighted by Gasteiger charge is -2.25. The Bertz CT molecular complexity index is 222. The first kappa shape index (κ1) is 9.34. The third-order valence-corrected chi connectivity index (χ3v) is 1.80. The lowest BCUT2D eigenvalue weighted by atomic mass is 9.91. The number of rotatable bonds is 1. The van der Waals surface area contributed by atoms with E-state index in [-0.39, 0.29) is 5.57 Å². The van der Waals surface area contributed by atoms with E-state index in [0.29, 0.717) is 0 Å². The van der Waals surface area contributed by atoms with Gasteiger partial charge in [-0.2, -0.15) is 0 Å². The predicted molar refractivity (Wildman–Crippen MR) is 38.2 cm³/mol. The summed E-state index contributed by atoms with van der Waals surface area (Å²) in [5, 5.41) is 35.6. The molecule has 0 heterocycles. The fourth-order valence-electron chi connectivity index (χ4n) is 1.05. The lowest BCUT2D eigenvalue weighted by Crippen LogP contribution is -2.46. The number of ketones is 1. The fourth-order valence-corrected chi connectivity index (χ4v) is 1.05. The Hall–Kier alpha value is -0.750. The molecule has 0 spiro atoms. The number of hydrogen-bond donors (Lipinski definition) is 4. The molecule has 1 unspecified atom stereocenters. The second kappa shape index (κ2) is 3.32. The summed E-state index contributed by atoms with van der Waals surface area (Å²) in [6.45, 7) is -0.542. The van der Waals surface area contributed by atoms with E-state index in [0.717, 1.165) is 6.08 Å². The topological polar surface area (TPSA) is 98.0 Å². The largest absolute Gasteiger partial charge is 0.392 e. The molecule has 0 radical (unpaired) electrons. The molecule has 5 nitrogen and oxygen atoms in total. The summed E-state index contributed by atoms with van der Waals surface area (Å²) in [5.74, 6) is -0.740. The van der Waals surface area contributed by atoms with E-state index in [4.69, 9.17) is 20.4 Å². The monoisotopic (exact) mass is 174 g/mol. The number of carbonyl (C=O) groups is 1. The van der Waals surface area contributed by atoms with Crippen LogP contribution in [0.3, 0.4) is 0 Å². The maximum Gasteiger partial charge on any atom is 0.192 e. The van der Waals surface area contributed by atoms with Gasteiger partial charge in [0.1, 0.15) is 18.3 Å². The highest BCUT2D eigenvalue weighted by atomic mass is 16.4. The van der Waals surface area contributed by atoms with E-state index >= 15 is 0 Å². The van der Waals surface area contributed by atoms with Crippen LogP contribution in [0.5, 0.6) is 0 Å². The summed E-state index contributed by atoms with van der Waals surface area (Å²) in [6, 6.07) is 0. The maximum atomic E-state index is 11.0. The van der Waals surface area contributed by atoms with Crippen LogP contribution in [0.15, 0.2) is 11.6 Å². The molecule has 3 atom stereocenters. The van der Waals surface area contributed by atoms with Gasteiger partial charge in [0.15, 0.2) is 5.78 Å². The summed E-state index contributed by atoms with van der Waals surface area (Å²) in [7, 11) is 0. The van der Waals surface area contributed by atoms with Crippen LogP contribution in [0.1, 0.15) is 0 Å². The highest BCUT2D eigenvalue weighted by molar-refractivity contribution is 6.00. The average molecular weight is 174 g/mol. The van der Waals surface area contributed by atoms with E-state index in [2.05, 4.69) is 0 Å². The quantitative estimate of drug-likeness (QED) is 0.354. The van der Waals surface area contributed by atoms with Gasteiger partial charge in [-0.1, -0.05) is 0 Å². The molecule has 5 heteroatoms. The van der Waals surface area contributed by atoms with E-state index in [1.54, 1.807) is 0 Å². The van der Waals surface area contributed by atoms with Crippen LogP contribution < -0.4 is 0 Å². The molecule has 1 aliphatic rings. The summed E-state index contributed by atoms with van der Waals surface area (Å²) < 4.78 is 0. The van der Waals surface area contributed by atoms with Gasteiger partial charge in [0.05, 0.1) is 6.61 Å². The molecule has 12 heavy (non-hydrogen) atoms. The second-order valence-electron chi connectivity index (χ2n) is 2.64. The molecule has 0 saturated heterocycles. The van der Waals surface area contributed by atoms with Crippen LogP contribution in [0.2, 0.25) is 0 Å². The minimum Gasteiger partial charge on any atom is -0.392 e. The molecule has 0 bridgehead atoms. The normalized spacial score (nSPS) is 36.5. The minimum absolute atomic E-state index is 0.0692. The van der Waals surface area contributed by atoms with Crippen molar-refractivity contribution < 1.29 is 25.2 Å². The zero-order chi connectivity index (χ0) is 9.30. The van der Waals surface area contributed by atoms with Gasteiger partial charge in [-0.05, 0) is 6.08 Å². The molecule has 0 aromatic heterocycles. The van der Waals surface area contributed by atoms with Crippen molar-refractivity contribution in [1.29, 1.82) is 0 Å². The number of aliphatic hydroxyl groups excluding tert-OH is 4. The van der Waals surface area contributed by atoms with Gasteiger partial charge < -0.3 is 20.4 Å². The Balaban J connectivity index is 2.92. The third-order valence-electron chi connectivity index (χ3n) is 1.80. The SMILES string of the molecule is O=C1C(CO)=C[C@@H](O)C(O)[C@H]1O. The van der Waals surface area contributed by atoms with E-state index in [9.17, 15) is 4.79 Å². The maximum absolute atomic E-state index is 11.0. The van der Waals surface area contributed by atoms with Crippen LogP contribution in [-0.2, 0) is 4.79 Å². The van der Waals surface area contributed by atoms with Crippen LogP contribution in [0, 0.1) is 0 Å². The number of Topliss-reactive ketones (excluding diaryl/α,β-unsaturated/α-hetero) is 1. The molecule has 1 rings (SSSR count). The Labute approximate surface area is 68.6 Å². The Morgan fingerprint density at radius 3 is 2.42 bits per heavy atom. The van der Waals surface area contributed by atoms with E-state index < -0.39 is 30.7 Å². The average Bonchev–Trinajstić information content (AvgIpc) is 2.08. The summed E-state index contributed by atoms with van der Waals surface area (Å²) in [6.07, 6.45) is -3.38. The van der Waals surface area contributed by atoms with Crippen molar-refractivity contribution in [2.75, 3.05) is 6.61 Å². The van der Waals surface area contributed by atoms with Crippen molar-refractivity contribution in [2.45, 2.75) is 18.3 Å². The zero-order valence-corrected chi connectivity index (χ0v) is 6.21. The van der Waals surface area contributed by atoms with Crippen LogP contribution in [-0.4, -0.2) is 51.1 Å². The molecule has 0 aromatic carbocycles. The molecule has 4 N–H and O–H groups in total. The van der Waals surface area contributed by atoms with Gasteiger partial charge in [0.2, 0.25) is 0 Å². The molecule has 0 aromatic rings. The second-order valence-corrected chi connectivity index (χ2v) is 2.64. The molecule has 68 valence electrons. The molecule has 0 saturated carbocycles. The first-order chi connectivity index (χ1) is 5.57. The van der Waals surface area contributed by atoms with Gasteiger partial charge in [0, 0.05) is 5.57 Å². The summed E-state index contributed by atoms with van der Waals surface area (Å²) >= 11 is 0. The van der Waals surface area contributed by atoms with Gasteiger partial charge in [-0.25, -0.2) is 0 Å². The third kappa shape index (κ3) is 1.39. The Morgan fingerprint density at radius 1 is 1.33 bits per heavy atom. The van der Waals surface area contributed by atoms with Gasteiger partial charge >= 0.3 is 0 Å². The number of carbonyl (C=O) groups excluding carboxylic acids is 1. The minimum atomic E-state index is -1.63. The molecular formula is C7H10O5. The first-order valence-corrected chi connectivity index (χ1v) is 3.48. The van der Waals surface area contributed by atoms with Crippen molar-refractivity contribution in [2.24, 2.45) is 0 Å². The molecule has 0 amide bonds. The summed E-state index contributed by atoms with van der Waals surface area (Å²) in [4.78, 5) is 11.0.